The lowest BCUT2D eigenvalue weighted by molar-refractivity contribution is -0.0266. The molecule has 1 aliphatic heterocycles. The number of rotatable bonds is 4. The number of hydrogen-bond acceptors (Lipinski definition) is 5. The van der Waals surface area contributed by atoms with Gasteiger partial charge in [0.25, 0.3) is 5.56 Å². The predicted octanol–water partition coefficient (Wildman–Crippen LogP) is 1.78. The SMILES string of the molecule is O=c1c2ccccc2nnn1CCN1CCC(O)(c2ccccc2)CC1. The van der Waals surface area contributed by atoms with Crippen molar-refractivity contribution in [3.63, 3.8) is 0 Å². The van der Waals surface area contributed by atoms with Crippen LogP contribution in [0, 0.1) is 0 Å². The molecule has 4 rings (SSSR count). The molecule has 2 aromatic carbocycles. The number of benzene rings is 2. The molecule has 3 aromatic rings. The Hall–Kier alpha value is -2.57. The number of aromatic nitrogens is 3. The van der Waals surface area contributed by atoms with Crippen molar-refractivity contribution in [3.8, 4) is 0 Å². The molecule has 0 aliphatic carbocycles. The van der Waals surface area contributed by atoms with Gasteiger partial charge in [-0.15, -0.1) is 5.10 Å². The van der Waals surface area contributed by atoms with Gasteiger partial charge in [0.05, 0.1) is 17.5 Å². The molecule has 1 aromatic heterocycles. The summed E-state index contributed by atoms with van der Waals surface area (Å²) in [6.45, 7) is 2.81. The van der Waals surface area contributed by atoms with E-state index in [1.807, 2.05) is 42.5 Å². The Morgan fingerprint density at radius 2 is 1.65 bits per heavy atom. The number of likely N-dealkylation sites (tertiary alicyclic amines) is 1. The number of piperidine rings is 1. The number of hydrogen-bond donors (Lipinski definition) is 1. The molecule has 0 unspecified atom stereocenters. The van der Waals surface area contributed by atoms with Crippen LogP contribution < -0.4 is 5.56 Å². The van der Waals surface area contributed by atoms with Crippen LogP contribution in [0.4, 0.5) is 0 Å². The average molecular weight is 350 g/mol. The minimum absolute atomic E-state index is 0.103. The van der Waals surface area contributed by atoms with E-state index < -0.39 is 5.60 Å². The summed E-state index contributed by atoms with van der Waals surface area (Å²) in [5.41, 5.74) is 0.751. The molecule has 1 fully saturated rings. The maximum atomic E-state index is 12.5. The second-order valence-electron chi connectivity index (χ2n) is 6.87. The molecule has 0 spiro atoms. The molecular weight excluding hydrogens is 328 g/mol. The Balaban J connectivity index is 1.40. The number of nitrogens with zero attached hydrogens (tertiary/aromatic N) is 4. The van der Waals surface area contributed by atoms with Crippen molar-refractivity contribution >= 4 is 10.9 Å². The Labute approximate surface area is 151 Å². The molecule has 0 radical (unpaired) electrons. The first-order valence-corrected chi connectivity index (χ1v) is 8.98. The van der Waals surface area contributed by atoms with Gasteiger partial charge in [0.1, 0.15) is 5.52 Å². The Bertz CT molecular complexity index is 947. The van der Waals surface area contributed by atoms with Gasteiger partial charge >= 0.3 is 0 Å². The summed E-state index contributed by atoms with van der Waals surface area (Å²) in [6.07, 6.45) is 1.38. The first-order chi connectivity index (χ1) is 12.7. The maximum Gasteiger partial charge on any atom is 0.277 e. The van der Waals surface area contributed by atoms with E-state index in [0.717, 1.165) is 25.2 Å². The molecule has 6 heteroatoms. The average Bonchev–Trinajstić information content (AvgIpc) is 2.70. The monoisotopic (exact) mass is 350 g/mol. The van der Waals surface area contributed by atoms with E-state index in [1.54, 1.807) is 12.1 Å². The van der Waals surface area contributed by atoms with Crippen LogP contribution in [-0.4, -0.2) is 44.6 Å². The zero-order valence-corrected chi connectivity index (χ0v) is 14.6. The van der Waals surface area contributed by atoms with Crippen molar-refractivity contribution in [3.05, 3.63) is 70.5 Å². The first-order valence-electron chi connectivity index (χ1n) is 8.98. The Kier molecular flexibility index (Phi) is 4.53. The van der Waals surface area contributed by atoms with E-state index in [9.17, 15) is 9.90 Å². The fourth-order valence-electron chi connectivity index (χ4n) is 3.59. The van der Waals surface area contributed by atoms with E-state index in [2.05, 4.69) is 15.2 Å². The summed E-state index contributed by atoms with van der Waals surface area (Å²) in [7, 11) is 0. The van der Waals surface area contributed by atoms with Crippen molar-refractivity contribution in [1.82, 2.24) is 19.9 Å². The molecule has 0 saturated carbocycles. The van der Waals surface area contributed by atoms with Gasteiger partial charge in [-0.05, 0) is 30.5 Å². The first kappa shape index (κ1) is 16.9. The van der Waals surface area contributed by atoms with Crippen molar-refractivity contribution in [2.45, 2.75) is 25.0 Å². The molecule has 134 valence electrons. The molecule has 1 aliphatic rings. The van der Waals surface area contributed by atoms with Crippen molar-refractivity contribution in [2.24, 2.45) is 0 Å². The highest BCUT2D eigenvalue weighted by molar-refractivity contribution is 5.76. The normalized spacial score (nSPS) is 17.4. The predicted molar refractivity (Wildman–Crippen MR) is 99.8 cm³/mol. The minimum Gasteiger partial charge on any atom is -0.385 e. The van der Waals surface area contributed by atoms with E-state index in [0.29, 0.717) is 30.3 Å². The molecular formula is C20H22N4O2. The van der Waals surface area contributed by atoms with Crippen LogP contribution in [0.15, 0.2) is 59.4 Å². The lowest BCUT2D eigenvalue weighted by Gasteiger charge is -2.38. The molecule has 1 saturated heterocycles. The largest absolute Gasteiger partial charge is 0.385 e. The summed E-state index contributed by atoms with van der Waals surface area (Å²) in [6, 6.07) is 17.1. The third-order valence-corrected chi connectivity index (χ3v) is 5.25. The lowest BCUT2D eigenvalue weighted by atomic mass is 9.84. The smallest absolute Gasteiger partial charge is 0.277 e. The van der Waals surface area contributed by atoms with E-state index in [4.69, 9.17) is 0 Å². The van der Waals surface area contributed by atoms with Crippen LogP contribution in [0.2, 0.25) is 0 Å². The highest BCUT2D eigenvalue weighted by Gasteiger charge is 2.33. The van der Waals surface area contributed by atoms with Crippen LogP contribution in [0.3, 0.4) is 0 Å². The fraction of sp³-hybridized carbons (Fsp3) is 0.350. The second kappa shape index (κ2) is 6.97. The van der Waals surface area contributed by atoms with Gasteiger partial charge in [0, 0.05) is 19.6 Å². The van der Waals surface area contributed by atoms with Gasteiger partial charge in [0.15, 0.2) is 0 Å². The van der Waals surface area contributed by atoms with Crippen LogP contribution in [0.5, 0.6) is 0 Å². The number of fused-ring (bicyclic) bond motifs is 1. The van der Waals surface area contributed by atoms with Crippen molar-refractivity contribution < 1.29 is 5.11 Å². The highest BCUT2D eigenvalue weighted by atomic mass is 16.3. The van der Waals surface area contributed by atoms with Gasteiger partial charge in [-0.2, -0.15) is 0 Å². The summed E-state index contributed by atoms with van der Waals surface area (Å²) >= 11 is 0. The fourth-order valence-corrected chi connectivity index (χ4v) is 3.59. The highest BCUT2D eigenvalue weighted by Crippen LogP contribution is 2.32. The third kappa shape index (κ3) is 3.25. The maximum absolute atomic E-state index is 12.5. The van der Waals surface area contributed by atoms with E-state index >= 15 is 0 Å². The summed E-state index contributed by atoms with van der Waals surface area (Å²) in [5.74, 6) is 0. The molecule has 0 atom stereocenters. The molecule has 1 N–H and O–H groups in total. The van der Waals surface area contributed by atoms with Crippen molar-refractivity contribution in [2.75, 3.05) is 19.6 Å². The lowest BCUT2D eigenvalue weighted by Crippen LogP contribution is -2.44. The van der Waals surface area contributed by atoms with Crippen LogP contribution in [0.1, 0.15) is 18.4 Å². The van der Waals surface area contributed by atoms with Gasteiger partial charge < -0.3 is 10.0 Å². The Morgan fingerprint density at radius 1 is 0.962 bits per heavy atom. The number of aliphatic hydroxyl groups is 1. The van der Waals surface area contributed by atoms with Gasteiger partial charge in [0.2, 0.25) is 0 Å². The summed E-state index contributed by atoms with van der Waals surface area (Å²) in [5, 5.41) is 19.7. The summed E-state index contributed by atoms with van der Waals surface area (Å²) < 4.78 is 1.43. The van der Waals surface area contributed by atoms with Gasteiger partial charge in [-0.3, -0.25) is 4.79 Å². The van der Waals surface area contributed by atoms with Gasteiger partial charge in [-0.1, -0.05) is 47.7 Å². The molecule has 2 heterocycles. The van der Waals surface area contributed by atoms with Crippen LogP contribution >= 0.6 is 0 Å². The Morgan fingerprint density at radius 3 is 2.42 bits per heavy atom. The van der Waals surface area contributed by atoms with Crippen LogP contribution in [0.25, 0.3) is 10.9 Å². The molecule has 0 amide bonds. The minimum atomic E-state index is -0.753. The standard InChI is InChI=1S/C20H22N4O2/c25-19-17-8-4-5-9-18(17)21-22-24(19)15-14-23-12-10-20(26,11-13-23)16-6-2-1-3-7-16/h1-9,26H,10-15H2. The zero-order valence-electron chi connectivity index (χ0n) is 14.6. The molecule has 26 heavy (non-hydrogen) atoms. The van der Waals surface area contributed by atoms with Crippen LogP contribution in [-0.2, 0) is 12.1 Å². The zero-order chi connectivity index (χ0) is 18.0. The van der Waals surface area contributed by atoms with E-state index in [1.165, 1.54) is 4.68 Å². The topological polar surface area (TPSA) is 71.2 Å². The molecule has 0 bridgehead atoms. The van der Waals surface area contributed by atoms with Crippen molar-refractivity contribution in [1.29, 1.82) is 0 Å². The van der Waals surface area contributed by atoms with E-state index in [-0.39, 0.29) is 5.56 Å². The quantitative estimate of drug-likeness (QED) is 0.777. The molecule has 6 nitrogen and oxygen atoms in total. The van der Waals surface area contributed by atoms with Gasteiger partial charge in [-0.25, -0.2) is 4.68 Å². The second-order valence-corrected chi connectivity index (χ2v) is 6.87. The third-order valence-electron chi connectivity index (χ3n) is 5.25. The summed E-state index contributed by atoms with van der Waals surface area (Å²) in [4.78, 5) is 14.8.